The van der Waals surface area contributed by atoms with Gasteiger partial charge in [0.1, 0.15) is 0 Å². The number of para-hydroxylation sites is 1. The van der Waals surface area contributed by atoms with Gasteiger partial charge in [0.15, 0.2) is 0 Å². The molecule has 0 amide bonds. The Balaban J connectivity index is 1.60. The summed E-state index contributed by atoms with van der Waals surface area (Å²) in [4.78, 5) is 13.4. The van der Waals surface area contributed by atoms with Crippen LogP contribution in [0.5, 0.6) is 0 Å². The molecule has 0 radical (unpaired) electrons. The summed E-state index contributed by atoms with van der Waals surface area (Å²) in [6, 6.07) is 25.7. The predicted molar refractivity (Wildman–Crippen MR) is 126 cm³/mol. The number of nitrogens with zero attached hydrogens (tertiary/aromatic N) is 4. The second-order valence-corrected chi connectivity index (χ2v) is 7.02. The molecule has 1 aromatic heterocycles. The number of hydrogen-bond donors (Lipinski definition) is 3. The number of anilines is 5. The van der Waals surface area contributed by atoms with Crippen LogP contribution in [0.25, 0.3) is 0 Å². The molecule has 0 aliphatic rings. The van der Waals surface area contributed by atoms with Crippen molar-refractivity contribution < 1.29 is 0 Å². The summed E-state index contributed by atoms with van der Waals surface area (Å²) in [5.74, 6) is 1.15. The average molecular weight is 409 g/mol. The van der Waals surface area contributed by atoms with Crippen molar-refractivity contribution in [2.45, 2.75) is 13.8 Å². The fourth-order valence-electron chi connectivity index (χ4n) is 2.97. The lowest BCUT2D eigenvalue weighted by atomic mass is 10.1. The van der Waals surface area contributed by atoms with Crippen molar-refractivity contribution in [3.8, 4) is 0 Å². The Hall–Kier alpha value is -4.26. The molecule has 31 heavy (non-hydrogen) atoms. The maximum atomic E-state index is 4.52. The van der Waals surface area contributed by atoms with E-state index >= 15 is 0 Å². The fourth-order valence-corrected chi connectivity index (χ4v) is 2.97. The summed E-state index contributed by atoms with van der Waals surface area (Å²) in [5.41, 5.74) is 7.98. The lowest BCUT2D eigenvalue weighted by Gasteiger charge is -2.12. The molecule has 0 saturated heterocycles. The molecule has 0 fully saturated rings. The van der Waals surface area contributed by atoms with E-state index in [9.17, 15) is 0 Å². The van der Waals surface area contributed by atoms with Gasteiger partial charge in [-0.1, -0.05) is 66.2 Å². The van der Waals surface area contributed by atoms with Gasteiger partial charge in [-0.2, -0.15) is 20.1 Å². The molecule has 154 valence electrons. The highest BCUT2D eigenvalue weighted by Crippen LogP contribution is 2.22. The van der Waals surface area contributed by atoms with Crippen LogP contribution < -0.4 is 16.1 Å². The van der Waals surface area contributed by atoms with Gasteiger partial charge in [0.05, 0.1) is 6.21 Å². The Morgan fingerprint density at radius 2 is 1.35 bits per heavy atom. The second kappa shape index (κ2) is 9.49. The number of hydrazone groups is 1. The topological polar surface area (TPSA) is 87.1 Å². The number of nitrogens with one attached hydrogen (secondary N) is 3. The van der Waals surface area contributed by atoms with Crippen molar-refractivity contribution in [2.24, 2.45) is 5.10 Å². The second-order valence-electron chi connectivity index (χ2n) is 7.02. The smallest absolute Gasteiger partial charge is 0.250 e. The summed E-state index contributed by atoms with van der Waals surface area (Å²) in [6.45, 7) is 4.11. The van der Waals surface area contributed by atoms with E-state index in [1.54, 1.807) is 6.21 Å². The molecule has 0 bridgehead atoms. The lowest BCUT2D eigenvalue weighted by Crippen LogP contribution is -2.07. The molecule has 1 heterocycles. The molecule has 3 aromatic carbocycles. The van der Waals surface area contributed by atoms with E-state index in [2.05, 4.69) is 49.1 Å². The Morgan fingerprint density at radius 1 is 0.710 bits per heavy atom. The first-order valence-electron chi connectivity index (χ1n) is 9.92. The number of benzene rings is 3. The zero-order valence-corrected chi connectivity index (χ0v) is 17.4. The largest absolute Gasteiger partial charge is 0.324 e. The summed E-state index contributed by atoms with van der Waals surface area (Å²) in [7, 11) is 0. The minimum absolute atomic E-state index is 0.327. The zero-order valence-electron chi connectivity index (χ0n) is 17.4. The third kappa shape index (κ3) is 5.63. The van der Waals surface area contributed by atoms with Gasteiger partial charge in [0, 0.05) is 11.4 Å². The van der Waals surface area contributed by atoms with Crippen LogP contribution in [0.2, 0.25) is 0 Å². The summed E-state index contributed by atoms with van der Waals surface area (Å²) < 4.78 is 0. The van der Waals surface area contributed by atoms with Crippen LogP contribution in [0, 0.1) is 13.8 Å². The molecule has 0 aliphatic heterocycles. The molecule has 7 heteroatoms. The third-order valence-corrected chi connectivity index (χ3v) is 4.47. The van der Waals surface area contributed by atoms with Crippen LogP contribution in [0.15, 0.2) is 84.0 Å². The van der Waals surface area contributed by atoms with Gasteiger partial charge in [0.2, 0.25) is 17.8 Å². The monoisotopic (exact) mass is 409 g/mol. The quantitative estimate of drug-likeness (QED) is 0.279. The molecule has 4 aromatic rings. The molecule has 0 atom stereocenters. The van der Waals surface area contributed by atoms with Crippen LogP contribution in [0.3, 0.4) is 0 Å². The van der Waals surface area contributed by atoms with Crippen molar-refractivity contribution in [1.29, 1.82) is 0 Å². The molecule has 0 spiro atoms. The summed E-state index contributed by atoms with van der Waals surface area (Å²) in [6.07, 6.45) is 1.71. The molecule has 0 aliphatic carbocycles. The van der Waals surface area contributed by atoms with Gasteiger partial charge in [-0.3, -0.25) is 0 Å². The molecule has 0 saturated carbocycles. The van der Waals surface area contributed by atoms with Crippen LogP contribution in [-0.4, -0.2) is 21.2 Å². The molecular weight excluding hydrogens is 386 g/mol. The highest BCUT2D eigenvalue weighted by molar-refractivity contribution is 5.79. The van der Waals surface area contributed by atoms with Crippen molar-refractivity contribution in [2.75, 3.05) is 16.1 Å². The van der Waals surface area contributed by atoms with Crippen molar-refractivity contribution in [1.82, 2.24) is 15.0 Å². The summed E-state index contributed by atoms with van der Waals surface area (Å²) in [5, 5.41) is 10.7. The Labute approximate surface area is 181 Å². The van der Waals surface area contributed by atoms with E-state index in [0.29, 0.717) is 17.8 Å². The lowest BCUT2D eigenvalue weighted by molar-refractivity contribution is 1.04. The average Bonchev–Trinajstić information content (AvgIpc) is 2.77. The molecule has 4 rings (SSSR count). The first kappa shape index (κ1) is 20.0. The molecule has 7 nitrogen and oxygen atoms in total. The van der Waals surface area contributed by atoms with E-state index in [4.69, 9.17) is 0 Å². The van der Waals surface area contributed by atoms with Gasteiger partial charge in [-0.05, 0) is 43.2 Å². The Bertz CT molecular complexity index is 1180. The predicted octanol–water partition coefficient (Wildman–Crippen LogP) is 5.42. The van der Waals surface area contributed by atoms with E-state index in [1.165, 1.54) is 5.56 Å². The minimum Gasteiger partial charge on any atom is -0.324 e. The molecular formula is C24H23N7. The van der Waals surface area contributed by atoms with Gasteiger partial charge >= 0.3 is 0 Å². The number of aryl methyl sites for hydroxylation is 2. The van der Waals surface area contributed by atoms with Gasteiger partial charge in [0.25, 0.3) is 0 Å². The Kier molecular flexibility index (Phi) is 6.13. The van der Waals surface area contributed by atoms with Crippen molar-refractivity contribution in [3.63, 3.8) is 0 Å². The number of aromatic nitrogens is 3. The zero-order chi connectivity index (χ0) is 21.5. The van der Waals surface area contributed by atoms with Crippen LogP contribution >= 0.6 is 0 Å². The van der Waals surface area contributed by atoms with E-state index in [0.717, 1.165) is 22.5 Å². The van der Waals surface area contributed by atoms with E-state index < -0.39 is 0 Å². The first-order valence-corrected chi connectivity index (χ1v) is 9.92. The highest BCUT2D eigenvalue weighted by Gasteiger charge is 2.08. The number of rotatable bonds is 7. The van der Waals surface area contributed by atoms with E-state index in [1.807, 2.05) is 79.7 Å². The SMILES string of the molecule is Cc1ccc(Nc2nc(NN=Cc3ccccc3)nc(Nc3ccccc3)n2)c(C)c1. The fraction of sp³-hybridized carbons (Fsp3) is 0.0833. The van der Waals surface area contributed by atoms with Crippen LogP contribution in [0.4, 0.5) is 29.2 Å². The van der Waals surface area contributed by atoms with Crippen LogP contribution in [0.1, 0.15) is 16.7 Å². The first-order chi connectivity index (χ1) is 15.2. The van der Waals surface area contributed by atoms with Gasteiger partial charge < -0.3 is 10.6 Å². The summed E-state index contributed by atoms with van der Waals surface area (Å²) >= 11 is 0. The van der Waals surface area contributed by atoms with Crippen LogP contribution in [-0.2, 0) is 0 Å². The van der Waals surface area contributed by atoms with Gasteiger partial charge in [-0.15, -0.1) is 0 Å². The van der Waals surface area contributed by atoms with Crippen molar-refractivity contribution >= 4 is 35.4 Å². The normalized spacial score (nSPS) is 10.8. The maximum Gasteiger partial charge on any atom is 0.250 e. The maximum absolute atomic E-state index is 4.52. The Morgan fingerprint density at radius 3 is 2.06 bits per heavy atom. The molecule has 3 N–H and O–H groups in total. The standard InChI is InChI=1S/C24H23N7/c1-17-13-14-21(18(2)15-17)27-23-28-22(26-20-11-7-4-8-12-20)29-24(30-23)31-25-16-19-9-5-3-6-10-19/h3-16H,1-2H3,(H3,26,27,28,29,30,31). The highest BCUT2D eigenvalue weighted by atomic mass is 15.4. The third-order valence-electron chi connectivity index (χ3n) is 4.47. The van der Waals surface area contributed by atoms with E-state index in [-0.39, 0.29) is 0 Å². The van der Waals surface area contributed by atoms with Gasteiger partial charge in [-0.25, -0.2) is 5.43 Å². The minimum atomic E-state index is 0.327. The van der Waals surface area contributed by atoms with Crippen molar-refractivity contribution in [3.05, 3.63) is 95.6 Å². The molecule has 0 unspecified atom stereocenters. The number of hydrogen-bond acceptors (Lipinski definition) is 7.